The number of ether oxygens (including phenoxy) is 1. The molecular formula is C14H25BrN2O2. The minimum absolute atomic E-state index is 0. The van der Waals surface area contributed by atoms with Gasteiger partial charge < -0.3 is 10.9 Å². The summed E-state index contributed by atoms with van der Waals surface area (Å²) in [6.07, 6.45) is 0.652. The van der Waals surface area contributed by atoms with Gasteiger partial charge in [0.05, 0.1) is 6.61 Å². The Hall–Kier alpha value is -0.910. The number of likely N-dealkylation sites (N-methyl/N-ethyl adjacent to an activating group) is 1. The number of hydrogen-bond donors (Lipinski definition) is 1. The molecule has 4 nitrogen and oxygen atoms in total. The molecule has 110 valence electrons. The van der Waals surface area contributed by atoms with Gasteiger partial charge in [0.2, 0.25) is 0 Å². The lowest BCUT2D eigenvalue weighted by molar-refractivity contribution is -0.155. The molecule has 1 aromatic rings. The zero-order valence-corrected chi connectivity index (χ0v) is 13.9. The highest BCUT2D eigenvalue weighted by molar-refractivity contribution is 8.93. The zero-order chi connectivity index (χ0) is 12.9. The number of benzene rings is 1. The van der Waals surface area contributed by atoms with E-state index in [1.807, 2.05) is 63.2 Å². The van der Waals surface area contributed by atoms with Crippen molar-refractivity contribution in [2.45, 2.75) is 25.8 Å². The van der Waals surface area contributed by atoms with Gasteiger partial charge in [0.25, 0.3) is 0 Å². The lowest BCUT2D eigenvalue weighted by atomic mass is 9.91. The first kappa shape index (κ1) is 20.4. The zero-order valence-electron chi connectivity index (χ0n) is 12.2. The van der Waals surface area contributed by atoms with Crippen LogP contribution in [-0.4, -0.2) is 37.1 Å². The van der Waals surface area contributed by atoms with Gasteiger partial charge in [-0.05, 0) is 33.5 Å². The summed E-state index contributed by atoms with van der Waals surface area (Å²) in [6.45, 7) is 4.16. The van der Waals surface area contributed by atoms with Crippen molar-refractivity contribution >= 4 is 23.0 Å². The van der Waals surface area contributed by atoms with E-state index in [4.69, 9.17) is 4.74 Å². The second-order valence-corrected chi connectivity index (χ2v) is 4.55. The molecule has 1 rings (SSSR count). The van der Waals surface area contributed by atoms with E-state index in [0.29, 0.717) is 13.0 Å². The monoisotopic (exact) mass is 332 g/mol. The van der Waals surface area contributed by atoms with E-state index in [-0.39, 0.29) is 29.1 Å². The molecule has 0 amide bonds. The molecule has 0 aliphatic rings. The Kier molecular flexibility index (Phi) is 9.74. The molecule has 0 saturated carbocycles. The standard InChI is InChI=1S/C14H21NO2.BrH.H3N/c1-5-17-13(16)14(2,15(3)4)11-12-9-7-6-8-10-12;;/h6-10H,5,11H2,1-4H3;1H;1H3. The third kappa shape index (κ3) is 5.30. The van der Waals surface area contributed by atoms with Gasteiger partial charge in [-0.1, -0.05) is 30.3 Å². The van der Waals surface area contributed by atoms with Gasteiger partial charge in [-0.15, -0.1) is 17.0 Å². The number of carbonyl (C=O) groups excluding carboxylic acids is 1. The van der Waals surface area contributed by atoms with Crippen molar-refractivity contribution in [2.24, 2.45) is 0 Å². The first-order chi connectivity index (χ1) is 8.00. The molecule has 0 aliphatic carbocycles. The molecule has 1 aromatic carbocycles. The highest BCUT2D eigenvalue weighted by Crippen LogP contribution is 2.20. The van der Waals surface area contributed by atoms with E-state index in [2.05, 4.69) is 0 Å². The van der Waals surface area contributed by atoms with Crippen LogP contribution in [0.4, 0.5) is 0 Å². The van der Waals surface area contributed by atoms with E-state index >= 15 is 0 Å². The fourth-order valence-electron chi connectivity index (χ4n) is 1.69. The van der Waals surface area contributed by atoms with E-state index in [1.54, 1.807) is 0 Å². The van der Waals surface area contributed by atoms with Crippen molar-refractivity contribution in [3.8, 4) is 0 Å². The van der Waals surface area contributed by atoms with Crippen LogP contribution < -0.4 is 6.15 Å². The molecule has 0 heterocycles. The van der Waals surface area contributed by atoms with Crippen molar-refractivity contribution < 1.29 is 9.53 Å². The number of rotatable bonds is 5. The van der Waals surface area contributed by atoms with Crippen LogP contribution in [0.5, 0.6) is 0 Å². The molecule has 1 unspecified atom stereocenters. The fraction of sp³-hybridized carbons (Fsp3) is 0.500. The summed E-state index contributed by atoms with van der Waals surface area (Å²) in [5.74, 6) is -0.172. The summed E-state index contributed by atoms with van der Waals surface area (Å²) >= 11 is 0. The second kappa shape index (κ2) is 9.07. The maximum atomic E-state index is 12.0. The molecule has 1 atom stereocenters. The minimum atomic E-state index is -0.614. The van der Waals surface area contributed by atoms with E-state index < -0.39 is 5.54 Å². The molecule has 0 bridgehead atoms. The maximum absolute atomic E-state index is 12.0. The lowest BCUT2D eigenvalue weighted by Crippen LogP contribution is -2.51. The largest absolute Gasteiger partial charge is 0.465 e. The molecule has 19 heavy (non-hydrogen) atoms. The number of halogens is 1. The van der Waals surface area contributed by atoms with Gasteiger partial charge in [-0.3, -0.25) is 9.69 Å². The van der Waals surface area contributed by atoms with Crippen LogP contribution >= 0.6 is 17.0 Å². The first-order valence-corrected chi connectivity index (χ1v) is 5.89. The quantitative estimate of drug-likeness (QED) is 0.842. The third-order valence-corrected chi connectivity index (χ3v) is 3.09. The number of hydrogen-bond acceptors (Lipinski definition) is 4. The Morgan fingerprint density at radius 2 is 1.79 bits per heavy atom. The summed E-state index contributed by atoms with van der Waals surface area (Å²) in [5.41, 5.74) is 0.522. The SMILES string of the molecule is Br.CCOC(=O)C(C)(Cc1ccccc1)N(C)C.N. The summed E-state index contributed by atoms with van der Waals surface area (Å²) in [4.78, 5) is 14.0. The van der Waals surface area contributed by atoms with Crippen molar-refractivity contribution in [1.82, 2.24) is 11.1 Å². The Bertz CT molecular complexity index is 371. The van der Waals surface area contributed by atoms with Gasteiger partial charge >= 0.3 is 5.97 Å². The Balaban J connectivity index is 0. The first-order valence-electron chi connectivity index (χ1n) is 5.89. The highest BCUT2D eigenvalue weighted by Gasteiger charge is 2.37. The molecule has 0 saturated heterocycles. The van der Waals surface area contributed by atoms with Gasteiger partial charge in [0.15, 0.2) is 0 Å². The average molecular weight is 333 g/mol. The van der Waals surface area contributed by atoms with Gasteiger partial charge in [-0.25, -0.2) is 0 Å². The van der Waals surface area contributed by atoms with E-state index in [0.717, 1.165) is 5.56 Å². The minimum Gasteiger partial charge on any atom is -0.465 e. The Labute approximate surface area is 126 Å². The second-order valence-electron chi connectivity index (χ2n) is 4.55. The van der Waals surface area contributed by atoms with Crippen LogP contribution in [0.3, 0.4) is 0 Å². The van der Waals surface area contributed by atoms with E-state index in [9.17, 15) is 4.79 Å². The van der Waals surface area contributed by atoms with Crippen LogP contribution in [0.2, 0.25) is 0 Å². The normalized spacial score (nSPS) is 12.9. The van der Waals surface area contributed by atoms with Gasteiger partial charge in [0.1, 0.15) is 5.54 Å². The summed E-state index contributed by atoms with van der Waals surface area (Å²) < 4.78 is 5.16. The van der Waals surface area contributed by atoms with E-state index in [1.165, 1.54) is 0 Å². The van der Waals surface area contributed by atoms with Crippen molar-refractivity contribution in [3.05, 3.63) is 35.9 Å². The number of carbonyl (C=O) groups is 1. The summed E-state index contributed by atoms with van der Waals surface area (Å²) in [7, 11) is 3.81. The molecule has 5 heteroatoms. The predicted octanol–water partition coefficient (Wildman–Crippen LogP) is 2.85. The van der Waals surface area contributed by atoms with Gasteiger partial charge in [0, 0.05) is 6.42 Å². The van der Waals surface area contributed by atoms with Crippen LogP contribution in [-0.2, 0) is 16.0 Å². The lowest BCUT2D eigenvalue weighted by Gasteiger charge is -2.34. The van der Waals surface area contributed by atoms with Crippen LogP contribution in [0.25, 0.3) is 0 Å². The van der Waals surface area contributed by atoms with Crippen molar-refractivity contribution in [2.75, 3.05) is 20.7 Å². The highest BCUT2D eigenvalue weighted by atomic mass is 79.9. The molecule has 3 N–H and O–H groups in total. The maximum Gasteiger partial charge on any atom is 0.326 e. The molecule has 0 fully saturated rings. The van der Waals surface area contributed by atoms with Crippen molar-refractivity contribution in [3.63, 3.8) is 0 Å². The third-order valence-electron chi connectivity index (χ3n) is 3.09. The predicted molar refractivity (Wildman–Crippen MR) is 84.2 cm³/mol. The fourth-order valence-corrected chi connectivity index (χ4v) is 1.69. The van der Waals surface area contributed by atoms with Crippen LogP contribution in [0.1, 0.15) is 19.4 Å². The molecule has 0 radical (unpaired) electrons. The smallest absolute Gasteiger partial charge is 0.326 e. The van der Waals surface area contributed by atoms with Gasteiger partial charge in [-0.2, -0.15) is 0 Å². The Morgan fingerprint density at radius 3 is 2.21 bits per heavy atom. The van der Waals surface area contributed by atoms with Crippen LogP contribution in [0.15, 0.2) is 30.3 Å². The average Bonchev–Trinajstić information content (AvgIpc) is 2.30. The summed E-state index contributed by atoms with van der Waals surface area (Å²) in [6, 6.07) is 10.00. The molecule has 0 spiro atoms. The topological polar surface area (TPSA) is 64.5 Å². The Morgan fingerprint density at radius 1 is 1.26 bits per heavy atom. The number of esters is 1. The van der Waals surface area contributed by atoms with Crippen LogP contribution in [0, 0.1) is 0 Å². The molecule has 0 aliphatic heterocycles. The molecule has 0 aromatic heterocycles. The van der Waals surface area contributed by atoms with Crippen molar-refractivity contribution in [1.29, 1.82) is 0 Å². The molecular weight excluding hydrogens is 308 g/mol. The number of nitrogens with zero attached hydrogens (tertiary/aromatic N) is 1. The summed E-state index contributed by atoms with van der Waals surface area (Å²) in [5, 5.41) is 0.